The van der Waals surface area contributed by atoms with Gasteiger partial charge >= 0.3 is 0 Å². The average Bonchev–Trinajstić information content (AvgIpc) is 2.38. The van der Waals surface area contributed by atoms with Crippen LogP contribution in [0, 0.1) is 17.2 Å². The van der Waals surface area contributed by atoms with E-state index in [1.165, 1.54) is 43.9 Å². The third-order valence-electron chi connectivity index (χ3n) is 3.96. The van der Waals surface area contributed by atoms with Crippen molar-refractivity contribution < 1.29 is 4.79 Å². The second-order valence-electron chi connectivity index (χ2n) is 4.99. The molecule has 1 heterocycles. The van der Waals surface area contributed by atoms with Crippen LogP contribution in [0.25, 0.3) is 0 Å². The van der Waals surface area contributed by atoms with Gasteiger partial charge in [0.1, 0.15) is 0 Å². The summed E-state index contributed by atoms with van der Waals surface area (Å²) in [5.74, 6) is 1.91. The molecule has 1 saturated heterocycles. The molecule has 3 nitrogen and oxygen atoms in total. The van der Waals surface area contributed by atoms with Gasteiger partial charge in [0, 0.05) is 12.6 Å². The van der Waals surface area contributed by atoms with E-state index in [0.29, 0.717) is 17.5 Å². The number of thioether (sulfide) groups is 1. The van der Waals surface area contributed by atoms with Crippen LogP contribution in [0.15, 0.2) is 0 Å². The Hall–Kier alpha value is -0.690. The van der Waals surface area contributed by atoms with Gasteiger partial charge in [0.05, 0.1) is 17.6 Å². The number of likely N-dealkylation sites (tertiary alicyclic amines) is 1. The lowest BCUT2D eigenvalue weighted by molar-refractivity contribution is -0.134. The Labute approximate surface area is 108 Å². The van der Waals surface area contributed by atoms with Crippen LogP contribution >= 0.6 is 11.8 Å². The molecule has 2 fully saturated rings. The average molecular weight is 252 g/mol. The molecule has 1 aliphatic carbocycles. The molecule has 4 heteroatoms. The molecule has 2 rings (SSSR count). The van der Waals surface area contributed by atoms with Gasteiger partial charge in [-0.05, 0) is 31.6 Å². The molecule has 1 amide bonds. The van der Waals surface area contributed by atoms with Gasteiger partial charge < -0.3 is 4.90 Å². The van der Waals surface area contributed by atoms with E-state index in [0.717, 1.165) is 18.9 Å². The molecule has 2 unspecified atom stereocenters. The highest BCUT2D eigenvalue weighted by molar-refractivity contribution is 8.00. The van der Waals surface area contributed by atoms with Crippen LogP contribution in [0.3, 0.4) is 0 Å². The monoisotopic (exact) mass is 252 g/mol. The zero-order chi connectivity index (χ0) is 12.1. The zero-order valence-corrected chi connectivity index (χ0v) is 11.0. The van der Waals surface area contributed by atoms with Crippen molar-refractivity contribution in [1.29, 1.82) is 5.26 Å². The van der Waals surface area contributed by atoms with Crippen molar-refractivity contribution in [3.05, 3.63) is 0 Å². The number of carbonyl (C=O) groups is 1. The first kappa shape index (κ1) is 12.8. The minimum atomic E-state index is 0.252. The summed E-state index contributed by atoms with van der Waals surface area (Å²) in [6.45, 7) is 0.938. The molecule has 94 valence electrons. The van der Waals surface area contributed by atoms with Gasteiger partial charge in [-0.3, -0.25) is 4.79 Å². The Balaban J connectivity index is 1.89. The van der Waals surface area contributed by atoms with Crippen LogP contribution < -0.4 is 0 Å². The topological polar surface area (TPSA) is 44.1 Å². The van der Waals surface area contributed by atoms with E-state index in [-0.39, 0.29) is 5.91 Å². The summed E-state index contributed by atoms with van der Waals surface area (Å²) in [7, 11) is 0. The van der Waals surface area contributed by atoms with Gasteiger partial charge in [-0.1, -0.05) is 12.8 Å². The van der Waals surface area contributed by atoms with Crippen LogP contribution in [0.2, 0.25) is 0 Å². The molecular weight excluding hydrogens is 232 g/mol. The lowest BCUT2D eigenvalue weighted by Gasteiger charge is -2.44. The number of nitriles is 1. The summed E-state index contributed by atoms with van der Waals surface area (Å²) < 4.78 is 0. The number of hydrogen-bond donors (Lipinski definition) is 0. The molecule has 2 atom stereocenters. The number of amides is 1. The van der Waals surface area contributed by atoms with E-state index < -0.39 is 0 Å². The Morgan fingerprint density at radius 1 is 1.29 bits per heavy atom. The minimum absolute atomic E-state index is 0.252. The first-order valence-electron chi connectivity index (χ1n) is 6.57. The molecule has 0 aromatic heterocycles. The molecule has 2 aliphatic rings. The SMILES string of the molecule is N#CCSCC(=O)N1CCCC2CCCCC21. The highest BCUT2D eigenvalue weighted by Gasteiger charge is 2.35. The predicted molar refractivity (Wildman–Crippen MR) is 69.6 cm³/mol. The van der Waals surface area contributed by atoms with Crippen molar-refractivity contribution in [1.82, 2.24) is 4.90 Å². The Morgan fingerprint density at radius 2 is 2.06 bits per heavy atom. The van der Waals surface area contributed by atoms with Crippen molar-refractivity contribution in [3.63, 3.8) is 0 Å². The first-order valence-corrected chi connectivity index (χ1v) is 7.72. The number of hydrogen-bond acceptors (Lipinski definition) is 3. The van der Waals surface area contributed by atoms with Gasteiger partial charge in [-0.15, -0.1) is 11.8 Å². The summed E-state index contributed by atoms with van der Waals surface area (Å²) >= 11 is 1.44. The zero-order valence-electron chi connectivity index (χ0n) is 10.2. The standard InChI is InChI=1S/C13H20N2OS/c14-7-9-17-10-13(16)15-8-3-5-11-4-1-2-6-12(11)15/h11-12H,1-6,8-10H2. The number of piperidine rings is 1. The fourth-order valence-corrected chi connectivity index (χ4v) is 3.74. The second kappa shape index (κ2) is 6.30. The highest BCUT2D eigenvalue weighted by atomic mass is 32.2. The molecule has 0 aromatic rings. The molecule has 0 radical (unpaired) electrons. The summed E-state index contributed by atoms with van der Waals surface area (Å²) in [6.07, 6.45) is 7.58. The lowest BCUT2D eigenvalue weighted by atomic mass is 9.78. The van der Waals surface area contributed by atoms with Gasteiger partial charge in [-0.2, -0.15) is 5.26 Å². The van der Waals surface area contributed by atoms with Crippen molar-refractivity contribution in [3.8, 4) is 6.07 Å². The minimum Gasteiger partial charge on any atom is -0.339 e. The maximum Gasteiger partial charge on any atom is 0.232 e. The van der Waals surface area contributed by atoms with Crippen LogP contribution in [-0.2, 0) is 4.79 Å². The highest BCUT2D eigenvalue weighted by Crippen LogP contribution is 2.35. The van der Waals surface area contributed by atoms with Gasteiger partial charge in [-0.25, -0.2) is 0 Å². The fraction of sp³-hybridized carbons (Fsp3) is 0.846. The largest absolute Gasteiger partial charge is 0.339 e. The van der Waals surface area contributed by atoms with Crippen molar-refractivity contribution in [2.45, 2.75) is 44.6 Å². The Morgan fingerprint density at radius 3 is 2.88 bits per heavy atom. The first-order chi connectivity index (χ1) is 8.33. The number of carbonyl (C=O) groups excluding carboxylic acids is 1. The molecule has 0 bridgehead atoms. The van der Waals surface area contributed by atoms with E-state index in [4.69, 9.17) is 5.26 Å². The quantitative estimate of drug-likeness (QED) is 0.725. The summed E-state index contributed by atoms with van der Waals surface area (Å²) in [5.41, 5.74) is 0. The van der Waals surface area contributed by atoms with Gasteiger partial charge in [0.25, 0.3) is 0 Å². The third kappa shape index (κ3) is 3.16. The molecule has 0 aromatic carbocycles. The normalized spacial score (nSPS) is 28.3. The van der Waals surface area contributed by atoms with E-state index in [1.807, 2.05) is 0 Å². The van der Waals surface area contributed by atoms with E-state index in [2.05, 4.69) is 11.0 Å². The molecule has 1 aliphatic heterocycles. The van der Waals surface area contributed by atoms with Crippen LogP contribution in [0.4, 0.5) is 0 Å². The second-order valence-corrected chi connectivity index (χ2v) is 5.98. The smallest absolute Gasteiger partial charge is 0.232 e. The lowest BCUT2D eigenvalue weighted by Crippen LogP contribution is -2.50. The summed E-state index contributed by atoms with van der Waals surface area (Å²) in [5, 5.41) is 8.48. The van der Waals surface area contributed by atoms with E-state index in [9.17, 15) is 4.79 Å². The number of rotatable bonds is 3. The predicted octanol–water partition coefficient (Wildman–Crippen LogP) is 2.42. The van der Waals surface area contributed by atoms with Crippen LogP contribution in [0.5, 0.6) is 0 Å². The number of fused-ring (bicyclic) bond motifs is 1. The maximum absolute atomic E-state index is 12.1. The van der Waals surface area contributed by atoms with Crippen molar-refractivity contribution >= 4 is 17.7 Å². The summed E-state index contributed by atoms with van der Waals surface area (Å²) in [6, 6.07) is 2.58. The van der Waals surface area contributed by atoms with Crippen LogP contribution in [-0.4, -0.2) is 34.9 Å². The molecule has 0 N–H and O–H groups in total. The van der Waals surface area contributed by atoms with Crippen molar-refractivity contribution in [2.75, 3.05) is 18.1 Å². The van der Waals surface area contributed by atoms with E-state index in [1.54, 1.807) is 0 Å². The molecule has 1 saturated carbocycles. The van der Waals surface area contributed by atoms with Gasteiger partial charge in [0.2, 0.25) is 5.91 Å². The molecule has 0 spiro atoms. The number of nitrogens with zero attached hydrogens (tertiary/aromatic N) is 2. The van der Waals surface area contributed by atoms with Gasteiger partial charge in [0.15, 0.2) is 0 Å². The Bertz CT molecular complexity index is 311. The third-order valence-corrected chi connectivity index (χ3v) is 4.74. The molecule has 17 heavy (non-hydrogen) atoms. The fourth-order valence-electron chi connectivity index (χ4n) is 3.20. The maximum atomic E-state index is 12.1. The van der Waals surface area contributed by atoms with E-state index >= 15 is 0 Å². The van der Waals surface area contributed by atoms with Crippen molar-refractivity contribution in [2.24, 2.45) is 5.92 Å². The Kier molecular flexibility index (Phi) is 4.73. The van der Waals surface area contributed by atoms with Crippen LogP contribution in [0.1, 0.15) is 38.5 Å². The molecular formula is C13H20N2OS. The summed E-state index contributed by atoms with van der Waals surface area (Å²) in [4.78, 5) is 14.2.